The lowest BCUT2D eigenvalue weighted by Crippen LogP contribution is -2.49. The smallest absolute Gasteiger partial charge is 0.314 e. The molecular formula is C15H26O4. The van der Waals surface area contributed by atoms with E-state index < -0.39 is 22.7 Å². The first-order chi connectivity index (χ1) is 8.83. The zero-order valence-electron chi connectivity index (χ0n) is 12.5. The first kappa shape index (κ1) is 14.8. The highest BCUT2D eigenvalue weighted by atomic mass is 16.6. The molecule has 2 bridgehead atoms. The van der Waals surface area contributed by atoms with E-state index in [1.807, 2.05) is 27.7 Å². The molecule has 3 unspecified atom stereocenters. The molecule has 3 atom stereocenters. The van der Waals surface area contributed by atoms with Gasteiger partial charge in [0.25, 0.3) is 0 Å². The van der Waals surface area contributed by atoms with Gasteiger partial charge in [-0.05, 0) is 39.5 Å². The highest BCUT2D eigenvalue weighted by molar-refractivity contribution is 5.78. The van der Waals surface area contributed by atoms with E-state index in [9.17, 15) is 9.90 Å². The highest BCUT2D eigenvalue weighted by Gasteiger charge is 2.67. The van der Waals surface area contributed by atoms with E-state index in [4.69, 9.17) is 9.47 Å². The molecule has 2 rings (SSSR count). The van der Waals surface area contributed by atoms with Gasteiger partial charge in [-0.1, -0.05) is 13.8 Å². The van der Waals surface area contributed by atoms with Crippen molar-refractivity contribution in [2.24, 2.45) is 5.41 Å². The van der Waals surface area contributed by atoms with E-state index >= 15 is 0 Å². The molecule has 0 saturated carbocycles. The number of rotatable bonds is 5. The van der Waals surface area contributed by atoms with Crippen molar-refractivity contribution in [3.05, 3.63) is 0 Å². The van der Waals surface area contributed by atoms with E-state index in [2.05, 4.69) is 0 Å². The second kappa shape index (κ2) is 4.74. The summed E-state index contributed by atoms with van der Waals surface area (Å²) in [6, 6.07) is 0. The highest BCUT2D eigenvalue weighted by Crippen LogP contribution is 2.59. The van der Waals surface area contributed by atoms with Crippen LogP contribution in [0.5, 0.6) is 0 Å². The molecular weight excluding hydrogens is 244 g/mol. The third-order valence-corrected chi connectivity index (χ3v) is 5.17. The van der Waals surface area contributed by atoms with Crippen molar-refractivity contribution in [3.8, 4) is 0 Å². The summed E-state index contributed by atoms with van der Waals surface area (Å²) in [6.45, 7) is 8.22. The van der Waals surface area contributed by atoms with Crippen molar-refractivity contribution in [1.29, 1.82) is 0 Å². The number of aliphatic hydroxyl groups excluding tert-OH is 1. The summed E-state index contributed by atoms with van der Waals surface area (Å²) in [5.74, 6) is -0.213. The van der Waals surface area contributed by atoms with Crippen molar-refractivity contribution >= 4 is 5.97 Å². The van der Waals surface area contributed by atoms with Gasteiger partial charge in [-0.2, -0.15) is 0 Å². The Morgan fingerprint density at radius 1 is 1.42 bits per heavy atom. The Balaban J connectivity index is 2.20. The van der Waals surface area contributed by atoms with E-state index in [1.165, 1.54) is 0 Å². The Morgan fingerprint density at radius 2 is 2.11 bits per heavy atom. The van der Waals surface area contributed by atoms with Gasteiger partial charge in [-0.15, -0.1) is 0 Å². The minimum atomic E-state index is -0.712. The molecule has 0 radical (unpaired) electrons. The third kappa shape index (κ3) is 2.00. The van der Waals surface area contributed by atoms with E-state index in [0.717, 1.165) is 25.7 Å². The van der Waals surface area contributed by atoms with Crippen molar-refractivity contribution < 1.29 is 19.4 Å². The summed E-state index contributed by atoms with van der Waals surface area (Å²) in [7, 11) is 0. The maximum atomic E-state index is 12.3. The summed E-state index contributed by atoms with van der Waals surface area (Å²) in [6.07, 6.45) is 3.33. The molecule has 0 aliphatic carbocycles. The predicted octanol–water partition coefficient (Wildman–Crippen LogP) is 2.43. The molecule has 0 aromatic carbocycles. The number of esters is 1. The second-order valence-corrected chi connectivity index (χ2v) is 6.50. The second-order valence-electron chi connectivity index (χ2n) is 6.50. The van der Waals surface area contributed by atoms with Gasteiger partial charge >= 0.3 is 5.97 Å². The van der Waals surface area contributed by atoms with Gasteiger partial charge < -0.3 is 14.6 Å². The van der Waals surface area contributed by atoms with Crippen LogP contribution in [0, 0.1) is 5.41 Å². The van der Waals surface area contributed by atoms with Crippen LogP contribution in [-0.2, 0) is 14.3 Å². The van der Waals surface area contributed by atoms with Crippen LogP contribution in [-0.4, -0.2) is 35.0 Å². The fraction of sp³-hybridized carbons (Fsp3) is 0.933. The normalized spacial score (nSPS) is 37.6. The van der Waals surface area contributed by atoms with Crippen molar-refractivity contribution in [2.45, 2.75) is 77.1 Å². The van der Waals surface area contributed by atoms with Crippen molar-refractivity contribution in [3.63, 3.8) is 0 Å². The molecule has 2 heterocycles. The van der Waals surface area contributed by atoms with Crippen LogP contribution in [0.15, 0.2) is 0 Å². The van der Waals surface area contributed by atoms with Crippen LogP contribution in [0.4, 0.5) is 0 Å². The van der Waals surface area contributed by atoms with Gasteiger partial charge in [0.2, 0.25) is 0 Å². The molecule has 2 aliphatic heterocycles. The number of hydrogen-bond donors (Lipinski definition) is 1. The largest absolute Gasteiger partial charge is 0.465 e. The lowest BCUT2D eigenvalue weighted by Gasteiger charge is -2.39. The SMILES string of the molecule is CCCOC(=O)C(C)(C)C12CCC(CC)(O1)C(O)C2. The standard InChI is InChI=1S/C15H26O4/c1-5-9-18-12(17)13(3,4)15-8-7-14(6-2,19-15)11(16)10-15/h11,16H,5-10H2,1-4H3. The van der Waals surface area contributed by atoms with Crippen LogP contribution >= 0.6 is 0 Å². The summed E-state index contributed by atoms with van der Waals surface area (Å²) >= 11 is 0. The Bertz CT molecular complexity index is 365. The maximum Gasteiger partial charge on any atom is 0.314 e. The molecule has 19 heavy (non-hydrogen) atoms. The summed E-state index contributed by atoms with van der Waals surface area (Å²) in [4.78, 5) is 12.3. The summed E-state index contributed by atoms with van der Waals surface area (Å²) < 4.78 is 11.5. The number of carbonyl (C=O) groups is 1. The van der Waals surface area contributed by atoms with Gasteiger partial charge in [-0.3, -0.25) is 4.79 Å². The van der Waals surface area contributed by atoms with Gasteiger partial charge in [0.1, 0.15) is 0 Å². The Kier molecular flexibility index (Phi) is 3.69. The van der Waals surface area contributed by atoms with Crippen LogP contribution in [0.2, 0.25) is 0 Å². The Labute approximate surface area is 115 Å². The number of carbonyl (C=O) groups excluding carboxylic acids is 1. The minimum Gasteiger partial charge on any atom is -0.465 e. The van der Waals surface area contributed by atoms with Crippen LogP contribution in [0.3, 0.4) is 0 Å². The van der Waals surface area contributed by atoms with E-state index in [0.29, 0.717) is 13.0 Å². The van der Waals surface area contributed by atoms with Gasteiger partial charge in [0, 0.05) is 6.42 Å². The lowest BCUT2D eigenvalue weighted by atomic mass is 9.66. The quantitative estimate of drug-likeness (QED) is 0.780. The van der Waals surface area contributed by atoms with Crippen LogP contribution in [0.1, 0.15) is 59.8 Å². The first-order valence-electron chi connectivity index (χ1n) is 7.39. The molecule has 0 amide bonds. The van der Waals surface area contributed by atoms with Crippen molar-refractivity contribution in [2.75, 3.05) is 6.61 Å². The molecule has 110 valence electrons. The van der Waals surface area contributed by atoms with Gasteiger partial charge in [0.05, 0.1) is 29.3 Å². The maximum absolute atomic E-state index is 12.3. The molecule has 2 saturated heterocycles. The number of aliphatic hydroxyl groups is 1. The fourth-order valence-corrected chi connectivity index (χ4v) is 3.52. The monoisotopic (exact) mass is 270 g/mol. The fourth-order valence-electron chi connectivity index (χ4n) is 3.52. The molecule has 4 nitrogen and oxygen atoms in total. The summed E-state index contributed by atoms with van der Waals surface area (Å²) in [5, 5.41) is 10.3. The number of ether oxygens (including phenoxy) is 2. The predicted molar refractivity (Wildman–Crippen MR) is 71.7 cm³/mol. The molecule has 2 fully saturated rings. The molecule has 0 aromatic rings. The molecule has 1 N–H and O–H groups in total. The lowest BCUT2D eigenvalue weighted by molar-refractivity contribution is -0.176. The topological polar surface area (TPSA) is 55.8 Å². The Hall–Kier alpha value is -0.610. The third-order valence-electron chi connectivity index (χ3n) is 5.17. The van der Waals surface area contributed by atoms with E-state index in [1.54, 1.807) is 0 Å². The molecule has 0 spiro atoms. The molecule has 4 heteroatoms. The van der Waals surface area contributed by atoms with Crippen LogP contribution in [0.25, 0.3) is 0 Å². The number of hydrogen-bond acceptors (Lipinski definition) is 4. The molecule has 2 aliphatic rings. The molecule has 0 aromatic heterocycles. The zero-order chi connectivity index (χ0) is 14.3. The number of fused-ring (bicyclic) bond motifs is 2. The minimum absolute atomic E-state index is 0.213. The zero-order valence-corrected chi connectivity index (χ0v) is 12.5. The average Bonchev–Trinajstić information content (AvgIpc) is 2.90. The van der Waals surface area contributed by atoms with E-state index in [-0.39, 0.29) is 5.97 Å². The Morgan fingerprint density at radius 3 is 2.58 bits per heavy atom. The average molecular weight is 270 g/mol. The van der Waals surface area contributed by atoms with Gasteiger partial charge in [0.15, 0.2) is 0 Å². The van der Waals surface area contributed by atoms with Crippen molar-refractivity contribution in [1.82, 2.24) is 0 Å². The van der Waals surface area contributed by atoms with Gasteiger partial charge in [-0.25, -0.2) is 0 Å². The first-order valence-corrected chi connectivity index (χ1v) is 7.39. The summed E-state index contributed by atoms with van der Waals surface area (Å²) in [5.41, 5.74) is -1.72. The van der Waals surface area contributed by atoms with Crippen LogP contribution < -0.4 is 0 Å².